The van der Waals surface area contributed by atoms with Gasteiger partial charge >= 0.3 is 29.9 Å². The van der Waals surface area contributed by atoms with Crippen LogP contribution in [0.4, 0.5) is 0 Å². The van der Waals surface area contributed by atoms with E-state index in [4.69, 9.17) is 0 Å². The van der Waals surface area contributed by atoms with E-state index in [1.807, 2.05) is 9.47 Å². The van der Waals surface area contributed by atoms with Gasteiger partial charge in [-0.2, -0.15) is 0 Å². The van der Waals surface area contributed by atoms with E-state index >= 15 is 0 Å². The fourth-order valence-corrected chi connectivity index (χ4v) is 1.05. The molecule has 0 aromatic carbocycles. The van der Waals surface area contributed by atoms with Crippen LogP contribution in [0.3, 0.4) is 0 Å². The molecular weight excluding hydrogens is 278 g/mol. The second-order valence-electron chi connectivity index (χ2n) is 2.65. The first-order valence-corrected chi connectivity index (χ1v) is 4.68. The van der Waals surface area contributed by atoms with Gasteiger partial charge in [0.2, 0.25) is 0 Å². The molecule has 0 bridgehead atoms. The van der Waals surface area contributed by atoms with Gasteiger partial charge in [0.15, 0.2) is 0 Å². The van der Waals surface area contributed by atoms with Crippen LogP contribution < -0.4 is 0 Å². The molecule has 0 saturated heterocycles. The molecule has 0 aromatic rings. The van der Waals surface area contributed by atoms with Crippen molar-refractivity contribution in [3.8, 4) is 0 Å². The van der Waals surface area contributed by atoms with Gasteiger partial charge in [0, 0.05) is 6.42 Å². The van der Waals surface area contributed by atoms with Crippen LogP contribution >= 0.6 is 9.47 Å². The quantitative estimate of drug-likeness (QED) is 0.424. The van der Waals surface area contributed by atoms with Gasteiger partial charge in [-0.15, -0.1) is 0 Å². The SMILES string of the molecule is CCCCCCCC(=O)OP.[SnH2]. The summed E-state index contributed by atoms with van der Waals surface area (Å²) >= 11 is 0. The summed E-state index contributed by atoms with van der Waals surface area (Å²) in [6.07, 6.45) is 6.43. The van der Waals surface area contributed by atoms with Crippen LogP contribution in [0, 0.1) is 0 Å². The number of rotatable bonds is 6. The number of hydrogen-bond acceptors (Lipinski definition) is 2. The van der Waals surface area contributed by atoms with Crippen molar-refractivity contribution in [1.29, 1.82) is 0 Å². The molecule has 1 unspecified atom stereocenters. The van der Waals surface area contributed by atoms with Gasteiger partial charge < -0.3 is 4.52 Å². The molecule has 0 amide bonds. The van der Waals surface area contributed by atoms with Gasteiger partial charge in [0.1, 0.15) is 0 Å². The minimum atomic E-state index is -0.119. The normalized spacial score (nSPS) is 8.83. The molecule has 0 spiro atoms. The van der Waals surface area contributed by atoms with Crippen molar-refractivity contribution in [2.24, 2.45) is 0 Å². The van der Waals surface area contributed by atoms with Crippen LogP contribution in [0.1, 0.15) is 45.4 Å². The van der Waals surface area contributed by atoms with Crippen molar-refractivity contribution in [2.45, 2.75) is 45.4 Å². The first-order valence-electron chi connectivity index (χ1n) is 4.20. The zero-order valence-electron chi connectivity index (χ0n) is 7.84. The average Bonchev–Trinajstić information content (AvgIpc) is 2.04. The second-order valence-corrected chi connectivity index (χ2v) is 2.89. The fourth-order valence-electron chi connectivity index (χ4n) is 0.932. The summed E-state index contributed by atoms with van der Waals surface area (Å²) in [5.41, 5.74) is 0. The third kappa shape index (κ3) is 10.7. The van der Waals surface area contributed by atoms with E-state index in [0.29, 0.717) is 6.42 Å². The summed E-state index contributed by atoms with van der Waals surface area (Å²) in [7, 11) is 1.98. The predicted molar refractivity (Wildman–Crippen MR) is 57.7 cm³/mol. The molecular formula is C8H19O2PSn. The summed E-state index contributed by atoms with van der Waals surface area (Å²) in [6, 6.07) is 0. The summed E-state index contributed by atoms with van der Waals surface area (Å²) in [5, 5.41) is 0. The molecule has 0 aromatic heterocycles. The first-order chi connectivity index (χ1) is 5.31. The summed E-state index contributed by atoms with van der Waals surface area (Å²) in [6.45, 7) is 2.18. The van der Waals surface area contributed by atoms with Crippen molar-refractivity contribution in [3.63, 3.8) is 0 Å². The molecule has 12 heavy (non-hydrogen) atoms. The van der Waals surface area contributed by atoms with E-state index in [2.05, 4.69) is 11.4 Å². The van der Waals surface area contributed by atoms with Crippen molar-refractivity contribution in [3.05, 3.63) is 0 Å². The maximum absolute atomic E-state index is 10.6. The molecule has 0 aliphatic heterocycles. The standard InChI is InChI=1S/C8H17O2P.Sn.2H/c1-2-3-4-5-6-7-8(9)10-11;;;/h2-7,11H2,1H3;;;. The summed E-state index contributed by atoms with van der Waals surface area (Å²) < 4.78 is 4.43. The van der Waals surface area contributed by atoms with Crippen LogP contribution in [0.2, 0.25) is 0 Å². The van der Waals surface area contributed by atoms with E-state index in [9.17, 15) is 4.79 Å². The first kappa shape index (κ1) is 15.2. The fraction of sp³-hybridized carbons (Fsp3) is 0.875. The van der Waals surface area contributed by atoms with Gasteiger partial charge in [-0.1, -0.05) is 32.6 Å². The van der Waals surface area contributed by atoms with Gasteiger partial charge in [-0.05, 0) is 6.42 Å². The number of hydrogen-bond donors (Lipinski definition) is 0. The van der Waals surface area contributed by atoms with Crippen LogP contribution in [0.15, 0.2) is 0 Å². The third-order valence-corrected chi connectivity index (χ3v) is 1.88. The van der Waals surface area contributed by atoms with Crippen LogP contribution in [-0.2, 0) is 9.32 Å². The Bertz CT molecular complexity index is 109. The van der Waals surface area contributed by atoms with Crippen molar-refractivity contribution in [1.82, 2.24) is 0 Å². The Morgan fingerprint density at radius 1 is 1.25 bits per heavy atom. The van der Waals surface area contributed by atoms with Crippen LogP contribution in [-0.4, -0.2) is 29.9 Å². The van der Waals surface area contributed by atoms with Gasteiger partial charge in [-0.25, -0.2) is 0 Å². The van der Waals surface area contributed by atoms with Crippen LogP contribution in [0.5, 0.6) is 0 Å². The molecule has 0 aliphatic carbocycles. The molecule has 0 N–H and O–H groups in total. The monoisotopic (exact) mass is 298 g/mol. The van der Waals surface area contributed by atoms with E-state index < -0.39 is 0 Å². The van der Waals surface area contributed by atoms with E-state index in [1.54, 1.807) is 0 Å². The average molecular weight is 297 g/mol. The maximum atomic E-state index is 10.6. The van der Waals surface area contributed by atoms with E-state index in [0.717, 1.165) is 12.8 Å². The molecule has 4 heteroatoms. The van der Waals surface area contributed by atoms with Gasteiger partial charge in [-0.3, -0.25) is 4.79 Å². The minimum absolute atomic E-state index is 0. The topological polar surface area (TPSA) is 26.3 Å². The van der Waals surface area contributed by atoms with Gasteiger partial charge in [0.25, 0.3) is 0 Å². The van der Waals surface area contributed by atoms with E-state index in [1.165, 1.54) is 19.3 Å². The summed E-state index contributed by atoms with van der Waals surface area (Å²) in [4.78, 5) is 10.6. The predicted octanol–water partition coefficient (Wildman–Crippen LogP) is 1.76. The van der Waals surface area contributed by atoms with Crippen LogP contribution in [0.25, 0.3) is 0 Å². The molecule has 0 saturated carbocycles. The zero-order valence-corrected chi connectivity index (χ0v) is 13.0. The van der Waals surface area contributed by atoms with Gasteiger partial charge in [0.05, 0.1) is 9.47 Å². The Hall–Kier alpha value is 0.699. The summed E-state index contributed by atoms with van der Waals surface area (Å²) in [5.74, 6) is -0.119. The number of carbonyl (C=O) groups excluding carboxylic acids is 1. The molecule has 72 valence electrons. The van der Waals surface area contributed by atoms with Crippen molar-refractivity contribution < 1.29 is 9.32 Å². The molecule has 2 nitrogen and oxygen atoms in total. The number of unbranched alkanes of at least 4 members (excludes halogenated alkanes) is 4. The molecule has 2 radical (unpaired) electrons. The zero-order chi connectivity index (χ0) is 8.53. The molecule has 0 fully saturated rings. The molecule has 1 atom stereocenters. The Labute approximate surface area is 94.1 Å². The second kappa shape index (κ2) is 11.7. The van der Waals surface area contributed by atoms with Crippen molar-refractivity contribution >= 4 is 39.3 Å². The van der Waals surface area contributed by atoms with E-state index in [-0.39, 0.29) is 29.9 Å². The molecule has 0 aliphatic rings. The number of carbonyl (C=O) groups is 1. The Kier molecular flexibility index (Phi) is 14.8. The Morgan fingerprint density at radius 2 is 1.83 bits per heavy atom. The molecule has 0 heterocycles. The Balaban J connectivity index is 0. The third-order valence-electron chi connectivity index (χ3n) is 1.62. The molecule has 0 rings (SSSR count). The Morgan fingerprint density at radius 3 is 2.33 bits per heavy atom. The van der Waals surface area contributed by atoms with Crippen molar-refractivity contribution in [2.75, 3.05) is 0 Å².